The summed E-state index contributed by atoms with van der Waals surface area (Å²) in [5, 5.41) is 0. The van der Waals surface area contributed by atoms with Gasteiger partial charge in [0.2, 0.25) is 0 Å². The minimum atomic E-state index is -0.183. The number of nitrogens with zero attached hydrogens (tertiary/aromatic N) is 2. The van der Waals surface area contributed by atoms with Gasteiger partial charge in [0, 0.05) is 45.8 Å². The van der Waals surface area contributed by atoms with Gasteiger partial charge in [-0.15, -0.1) is 6.07 Å². The molecule has 2 aromatic rings. The van der Waals surface area contributed by atoms with Crippen molar-refractivity contribution in [3.05, 3.63) is 73.2 Å². The van der Waals surface area contributed by atoms with Crippen molar-refractivity contribution in [2.75, 3.05) is 24.7 Å². The first-order valence-electron chi connectivity index (χ1n) is 8.11. The van der Waals surface area contributed by atoms with Gasteiger partial charge in [-0.1, -0.05) is 36.0 Å². The third kappa shape index (κ3) is 4.92. The number of piperidine rings is 1. The third-order valence-corrected chi connectivity index (χ3v) is 4.48. The standard InChI is InChI=1S/C20H22N2O.Y/c1-17(23)22(20-10-6-3-7-11-20)16-21-14-12-19(13-15-21)18-8-4-2-5-9-18;/h2-10,19H,1,12-16H2;/q-2;. The number of amides is 1. The maximum absolute atomic E-state index is 11.9. The molecule has 0 bridgehead atoms. The van der Waals surface area contributed by atoms with Crippen LogP contribution in [0.2, 0.25) is 0 Å². The van der Waals surface area contributed by atoms with Gasteiger partial charge in [-0.3, -0.25) is 4.90 Å². The average molecular weight is 395 g/mol. The van der Waals surface area contributed by atoms with E-state index < -0.39 is 0 Å². The first kappa shape index (κ1) is 19.2. The fourth-order valence-electron chi connectivity index (χ4n) is 3.17. The maximum atomic E-state index is 11.9. The molecule has 0 saturated carbocycles. The van der Waals surface area contributed by atoms with Crippen molar-refractivity contribution in [3.8, 4) is 0 Å². The van der Waals surface area contributed by atoms with Crippen LogP contribution >= 0.6 is 0 Å². The molecule has 3 rings (SSSR count). The number of hydrogen-bond donors (Lipinski definition) is 0. The Labute approximate surface area is 169 Å². The molecule has 0 N–H and O–H groups in total. The molecular weight excluding hydrogens is 373 g/mol. The van der Waals surface area contributed by atoms with Gasteiger partial charge >= 0.3 is 0 Å². The molecule has 0 unspecified atom stereocenters. The van der Waals surface area contributed by atoms with E-state index in [9.17, 15) is 4.79 Å². The minimum Gasteiger partial charge on any atom is -0.348 e. The van der Waals surface area contributed by atoms with E-state index >= 15 is 0 Å². The van der Waals surface area contributed by atoms with Crippen molar-refractivity contribution >= 4 is 11.6 Å². The molecule has 0 spiro atoms. The van der Waals surface area contributed by atoms with Crippen LogP contribution in [0.3, 0.4) is 0 Å². The number of carbonyl (C=O) groups excluding carboxylic acids is 1. The molecule has 2 aromatic carbocycles. The molecule has 1 fully saturated rings. The monoisotopic (exact) mass is 395 g/mol. The van der Waals surface area contributed by atoms with E-state index in [1.165, 1.54) is 5.56 Å². The number of anilines is 1. The molecule has 0 atom stereocenters. The van der Waals surface area contributed by atoms with Gasteiger partial charge in [-0.05, 0) is 24.3 Å². The summed E-state index contributed by atoms with van der Waals surface area (Å²) in [6.07, 6.45) is 2.25. The summed E-state index contributed by atoms with van der Waals surface area (Å²) >= 11 is 0. The van der Waals surface area contributed by atoms with Crippen molar-refractivity contribution < 1.29 is 37.5 Å². The normalized spacial score (nSPS) is 15.5. The molecule has 24 heavy (non-hydrogen) atoms. The second-order valence-corrected chi connectivity index (χ2v) is 6.01. The predicted octanol–water partition coefficient (Wildman–Crippen LogP) is 3.49. The smallest absolute Gasteiger partial charge is 0.0860 e. The summed E-state index contributed by atoms with van der Waals surface area (Å²) in [5.74, 6) is 0.442. The van der Waals surface area contributed by atoms with Crippen LogP contribution in [0.25, 0.3) is 0 Å². The zero-order valence-corrected chi connectivity index (χ0v) is 16.7. The number of hydrogen-bond acceptors (Lipinski definition) is 2. The number of carbonyl (C=O) groups is 1. The summed E-state index contributed by atoms with van der Waals surface area (Å²) in [4.78, 5) is 15.9. The summed E-state index contributed by atoms with van der Waals surface area (Å²) in [6.45, 7) is 6.16. The van der Waals surface area contributed by atoms with Crippen LogP contribution in [-0.4, -0.2) is 30.6 Å². The topological polar surface area (TPSA) is 23.6 Å². The molecule has 1 amide bonds. The molecule has 0 aliphatic carbocycles. The fourth-order valence-corrected chi connectivity index (χ4v) is 3.17. The number of rotatable bonds is 4. The van der Waals surface area contributed by atoms with Gasteiger partial charge in [-0.25, -0.2) is 0 Å². The Morgan fingerprint density at radius 3 is 2.38 bits per heavy atom. The van der Waals surface area contributed by atoms with E-state index in [1.807, 2.05) is 24.3 Å². The zero-order chi connectivity index (χ0) is 16.1. The number of para-hydroxylation sites is 1. The Hall–Kier alpha value is -1.16. The second kappa shape index (κ2) is 9.36. The van der Waals surface area contributed by atoms with Gasteiger partial charge in [0.1, 0.15) is 0 Å². The maximum Gasteiger partial charge on any atom is 0.0860 e. The first-order chi connectivity index (χ1) is 11.2. The molecule has 3 nitrogen and oxygen atoms in total. The average Bonchev–Trinajstić information content (AvgIpc) is 2.61. The summed E-state index contributed by atoms with van der Waals surface area (Å²) in [7, 11) is 0. The SMILES string of the molecule is [CH2-]C(=O)N(CN1CCC(c2ccccc2)CC1)c1[c-]cccc1.[Y]. The van der Waals surface area contributed by atoms with Crippen LogP contribution in [0, 0.1) is 13.0 Å². The molecule has 1 aliphatic rings. The van der Waals surface area contributed by atoms with Crippen molar-refractivity contribution in [3.63, 3.8) is 0 Å². The van der Waals surface area contributed by atoms with Gasteiger partial charge in [0.25, 0.3) is 0 Å². The second-order valence-electron chi connectivity index (χ2n) is 6.01. The Morgan fingerprint density at radius 2 is 1.79 bits per heavy atom. The van der Waals surface area contributed by atoms with E-state index in [4.69, 9.17) is 0 Å². The van der Waals surface area contributed by atoms with E-state index in [1.54, 1.807) is 4.90 Å². The zero-order valence-electron chi connectivity index (χ0n) is 13.9. The molecular formula is C20H22N2OY-2. The van der Waals surface area contributed by atoms with Crippen LogP contribution in [0.15, 0.2) is 54.6 Å². The van der Waals surface area contributed by atoms with Crippen molar-refractivity contribution in [1.29, 1.82) is 0 Å². The fraction of sp³-hybridized carbons (Fsp3) is 0.300. The predicted molar refractivity (Wildman–Crippen MR) is 93.0 cm³/mol. The van der Waals surface area contributed by atoms with E-state index in [0.717, 1.165) is 31.6 Å². The molecule has 1 saturated heterocycles. The summed E-state index contributed by atoms with van der Waals surface area (Å²) in [6, 6.07) is 21.4. The van der Waals surface area contributed by atoms with Crippen molar-refractivity contribution in [1.82, 2.24) is 4.90 Å². The Morgan fingerprint density at radius 1 is 1.12 bits per heavy atom. The summed E-state index contributed by atoms with van der Waals surface area (Å²) in [5.41, 5.74) is 2.21. The summed E-state index contributed by atoms with van der Waals surface area (Å²) < 4.78 is 0. The molecule has 1 aliphatic heterocycles. The number of likely N-dealkylation sites (tertiary alicyclic amines) is 1. The molecule has 1 heterocycles. The largest absolute Gasteiger partial charge is 0.348 e. The van der Waals surface area contributed by atoms with Gasteiger partial charge < -0.3 is 16.6 Å². The molecule has 4 heteroatoms. The Balaban J connectivity index is 0.00000208. The first-order valence-corrected chi connectivity index (χ1v) is 8.11. The van der Waals surface area contributed by atoms with Crippen LogP contribution in [-0.2, 0) is 37.5 Å². The van der Waals surface area contributed by atoms with Gasteiger partial charge in [0.05, 0.1) is 12.6 Å². The Bertz CT molecular complexity index is 625. The van der Waals surface area contributed by atoms with Gasteiger partial charge in [0.15, 0.2) is 0 Å². The van der Waals surface area contributed by atoms with Crippen LogP contribution in [0.5, 0.6) is 0 Å². The molecule has 0 aromatic heterocycles. The van der Waals surface area contributed by atoms with E-state index in [-0.39, 0.29) is 38.6 Å². The minimum absolute atomic E-state index is 0. The Kier molecular flexibility index (Phi) is 7.48. The van der Waals surface area contributed by atoms with Crippen LogP contribution < -0.4 is 4.90 Å². The van der Waals surface area contributed by atoms with Crippen LogP contribution in [0.1, 0.15) is 24.3 Å². The van der Waals surface area contributed by atoms with E-state index in [0.29, 0.717) is 12.6 Å². The number of benzene rings is 2. The third-order valence-electron chi connectivity index (χ3n) is 4.48. The van der Waals surface area contributed by atoms with E-state index in [2.05, 4.69) is 48.2 Å². The quantitative estimate of drug-likeness (QED) is 0.740. The van der Waals surface area contributed by atoms with Gasteiger partial charge in [-0.2, -0.15) is 24.3 Å². The molecule has 123 valence electrons. The van der Waals surface area contributed by atoms with Crippen molar-refractivity contribution in [2.45, 2.75) is 18.8 Å². The van der Waals surface area contributed by atoms with Crippen molar-refractivity contribution in [2.24, 2.45) is 0 Å². The molecule has 1 radical (unpaired) electrons. The van der Waals surface area contributed by atoms with Crippen LogP contribution in [0.4, 0.5) is 5.69 Å².